The third kappa shape index (κ3) is 10.9. The van der Waals surface area contributed by atoms with E-state index in [9.17, 15) is 9.59 Å². The lowest BCUT2D eigenvalue weighted by Gasteiger charge is -2.30. The molecule has 0 aromatic carbocycles. The minimum Gasteiger partial charge on any atom is -0.444 e. The highest BCUT2D eigenvalue weighted by molar-refractivity contribution is 5.68. The summed E-state index contributed by atoms with van der Waals surface area (Å²) in [5.41, 5.74) is -0.911. The predicted molar refractivity (Wildman–Crippen MR) is 90.8 cm³/mol. The summed E-state index contributed by atoms with van der Waals surface area (Å²) in [6.45, 7) is 13.6. The number of rotatable bonds is 9. The highest BCUT2D eigenvalue weighted by Crippen LogP contribution is 2.22. The lowest BCUT2D eigenvalue weighted by Crippen LogP contribution is -2.39. The topological polar surface area (TPSA) is 85.3 Å². The van der Waals surface area contributed by atoms with Gasteiger partial charge in [-0.25, -0.2) is 9.59 Å². The van der Waals surface area contributed by atoms with Crippen LogP contribution in [-0.2, 0) is 14.2 Å². The Labute approximate surface area is 144 Å². The van der Waals surface area contributed by atoms with E-state index < -0.39 is 17.8 Å². The first-order valence-corrected chi connectivity index (χ1v) is 8.00. The average molecular weight is 345 g/mol. The van der Waals surface area contributed by atoms with Crippen LogP contribution in [0, 0.1) is 5.41 Å². The molecule has 1 N–H and O–H groups in total. The molecule has 0 radical (unpaired) electrons. The summed E-state index contributed by atoms with van der Waals surface area (Å²) in [7, 11) is 0. The zero-order valence-corrected chi connectivity index (χ0v) is 15.5. The third-order valence-corrected chi connectivity index (χ3v) is 2.95. The highest BCUT2D eigenvalue weighted by Gasteiger charge is 2.26. The number of hydrogen-bond donors (Lipinski definition) is 1. The van der Waals surface area contributed by atoms with Crippen LogP contribution >= 0.6 is 0 Å². The number of carbonyl (C=O) groups is 2. The fourth-order valence-electron chi connectivity index (χ4n) is 1.67. The Morgan fingerprint density at radius 2 is 1.79 bits per heavy atom. The van der Waals surface area contributed by atoms with Crippen LogP contribution in [0.25, 0.3) is 0 Å². The molecule has 0 unspecified atom stereocenters. The Balaban J connectivity index is 4.47. The first-order chi connectivity index (χ1) is 11.0. The van der Waals surface area contributed by atoms with Crippen LogP contribution in [-0.4, -0.2) is 60.8 Å². The number of aliphatic hydroxyl groups is 1. The molecule has 0 saturated heterocycles. The molecule has 1 amide bonds. The van der Waals surface area contributed by atoms with E-state index in [1.165, 1.54) is 0 Å². The van der Waals surface area contributed by atoms with Crippen molar-refractivity contribution in [1.29, 1.82) is 0 Å². The van der Waals surface area contributed by atoms with Crippen molar-refractivity contribution < 1.29 is 28.9 Å². The van der Waals surface area contributed by atoms with Crippen molar-refractivity contribution in [3.05, 3.63) is 12.7 Å². The van der Waals surface area contributed by atoms with Gasteiger partial charge in [0, 0.05) is 18.5 Å². The molecule has 0 saturated carbocycles. The van der Waals surface area contributed by atoms with E-state index in [1.54, 1.807) is 11.0 Å². The molecule has 140 valence electrons. The van der Waals surface area contributed by atoms with E-state index in [1.807, 2.05) is 34.6 Å². The fourth-order valence-corrected chi connectivity index (χ4v) is 1.67. The van der Waals surface area contributed by atoms with Crippen molar-refractivity contribution in [2.24, 2.45) is 5.41 Å². The van der Waals surface area contributed by atoms with Gasteiger partial charge in [-0.3, -0.25) is 0 Å². The molecule has 0 heterocycles. The van der Waals surface area contributed by atoms with E-state index in [-0.39, 0.29) is 25.2 Å². The zero-order chi connectivity index (χ0) is 18.8. The van der Waals surface area contributed by atoms with Gasteiger partial charge in [-0.2, -0.15) is 0 Å². The van der Waals surface area contributed by atoms with Crippen LogP contribution in [0.15, 0.2) is 12.7 Å². The highest BCUT2D eigenvalue weighted by atomic mass is 16.7. The summed E-state index contributed by atoms with van der Waals surface area (Å²) in [5.74, 6) is 0. The first kappa shape index (κ1) is 22.2. The number of ether oxygens (including phenoxy) is 3. The molecule has 0 aliphatic heterocycles. The quantitative estimate of drug-likeness (QED) is 0.511. The van der Waals surface area contributed by atoms with Crippen LogP contribution in [0.2, 0.25) is 0 Å². The minimum absolute atomic E-state index is 0.0922. The number of hydrogen-bond acceptors (Lipinski definition) is 6. The van der Waals surface area contributed by atoms with Crippen molar-refractivity contribution >= 4 is 12.2 Å². The normalized spacial score (nSPS) is 11.6. The maximum Gasteiger partial charge on any atom is 0.508 e. The van der Waals surface area contributed by atoms with Crippen molar-refractivity contribution in [2.45, 2.75) is 46.6 Å². The Kier molecular flexibility index (Phi) is 9.43. The summed E-state index contributed by atoms with van der Waals surface area (Å²) >= 11 is 0. The van der Waals surface area contributed by atoms with Gasteiger partial charge in [-0.15, -0.1) is 6.58 Å². The van der Waals surface area contributed by atoms with Gasteiger partial charge in [-0.05, 0) is 27.2 Å². The van der Waals surface area contributed by atoms with Crippen LogP contribution in [0.1, 0.15) is 41.0 Å². The Bertz CT molecular complexity index is 414. The molecule has 0 atom stereocenters. The number of aliphatic hydroxyl groups excluding tert-OH is 1. The van der Waals surface area contributed by atoms with Gasteiger partial charge in [-0.1, -0.05) is 19.9 Å². The van der Waals surface area contributed by atoms with E-state index >= 15 is 0 Å². The molecule has 0 bridgehead atoms. The zero-order valence-electron chi connectivity index (χ0n) is 15.5. The summed E-state index contributed by atoms with van der Waals surface area (Å²) in [5, 5.41) is 8.58. The Morgan fingerprint density at radius 3 is 2.29 bits per heavy atom. The summed E-state index contributed by atoms with van der Waals surface area (Å²) in [4.78, 5) is 25.0. The number of carbonyl (C=O) groups excluding carboxylic acids is 2. The lowest BCUT2D eigenvalue weighted by atomic mass is 9.90. The number of nitrogens with zero attached hydrogens (tertiary/aromatic N) is 1. The molecule has 7 heteroatoms. The van der Waals surface area contributed by atoms with E-state index in [0.29, 0.717) is 19.5 Å². The van der Waals surface area contributed by atoms with Gasteiger partial charge in [0.15, 0.2) is 0 Å². The van der Waals surface area contributed by atoms with Gasteiger partial charge < -0.3 is 24.2 Å². The second kappa shape index (κ2) is 10.2. The monoisotopic (exact) mass is 345 g/mol. The summed E-state index contributed by atoms with van der Waals surface area (Å²) in [6.07, 6.45) is 1.03. The summed E-state index contributed by atoms with van der Waals surface area (Å²) < 4.78 is 15.0. The van der Waals surface area contributed by atoms with Gasteiger partial charge in [0.2, 0.25) is 0 Å². The SMILES string of the molecule is C=CCN(CCC(C)(C)COC(=O)OCCO)C(=O)OC(C)(C)C. The van der Waals surface area contributed by atoms with E-state index in [2.05, 4.69) is 11.3 Å². The van der Waals surface area contributed by atoms with Crippen molar-refractivity contribution in [1.82, 2.24) is 4.90 Å². The maximum atomic E-state index is 12.2. The maximum absolute atomic E-state index is 12.2. The molecule has 7 nitrogen and oxygen atoms in total. The standard InChI is InChI=1S/C17H31NO6/c1-7-9-18(14(20)24-16(2,3)4)10-8-17(5,6)13-23-15(21)22-12-11-19/h7,19H,1,8-13H2,2-6H3. The molecular formula is C17H31NO6. The van der Waals surface area contributed by atoms with E-state index in [0.717, 1.165) is 0 Å². The molecule has 24 heavy (non-hydrogen) atoms. The lowest BCUT2D eigenvalue weighted by molar-refractivity contribution is 0.0113. The molecule has 0 aliphatic carbocycles. The van der Waals surface area contributed by atoms with Crippen LogP contribution < -0.4 is 0 Å². The Hall–Kier alpha value is -1.76. The average Bonchev–Trinajstić information content (AvgIpc) is 2.45. The predicted octanol–water partition coefficient (Wildman–Crippen LogP) is 2.97. The van der Waals surface area contributed by atoms with Crippen LogP contribution in [0.3, 0.4) is 0 Å². The van der Waals surface area contributed by atoms with Gasteiger partial charge in [0.1, 0.15) is 18.8 Å². The molecule has 0 aliphatic rings. The largest absolute Gasteiger partial charge is 0.508 e. The molecule has 0 spiro atoms. The second-order valence-electron chi connectivity index (χ2n) is 7.24. The van der Waals surface area contributed by atoms with E-state index in [4.69, 9.17) is 14.6 Å². The second-order valence-corrected chi connectivity index (χ2v) is 7.24. The van der Waals surface area contributed by atoms with Crippen LogP contribution in [0.5, 0.6) is 0 Å². The Morgan fingerprint density at radius 1 is 1.17 bits per heavy atom. The minimum atomic E-state index is -0.813. The molecule has 0 aromatic rings. The molecule has 0 rings (SSSR count). The smallest absolute Gasteiger partial charge is 0.444 e. The third-order valence-electron chi connectivity index (χ3n) is 2.95. The van der Waals surface area contributed by atoms with Crippen LogP contribution in [0.4, 0.5) is 9.59 Å². The van der Waals surface area contributed by atoms with Crippen molar-refractivity contribution in [3.63, 3.8) is 0 Å². The summed E-state index contributed by atoms with van der Waals surface area (Å²) in [6, 6.07) is 0. The van der Waals surface area contributed by atoms with Gasteiger partial charge >= 0.3 is 12.2 Å². The van der Waals surface area contributed by atoms with Gasteiger partial charge in [0.05, 0.1) is 6.61 Å². The number of amides is 1. The molecule has 0 fully saturated rings. The fraction of sp³-hybridized carbons (Fsp3) is 0.765. The molecular weight excluding hydrogens is 314 g/mol. The molecule has 0 aromatic heterocycles. The van der Waals surface area contributed by atoms with Gasteiger partial charge in [0.25, 0.3) is 0 Å². The van der Waals surface area contributed by atoms with Crippen molar-refractivity contribution in [2.75, 3.05) is 32.9 Å². The van der Waals surface area contributed by atoms with Crippen molar-refractivity contribution in [3.8, 4) is 0 Å². The first-order valence-electron chi connectivity index (χ1n) is 8.00.